The summed E-state index contributed by atoms with van der Waals surface area (Å²) in [5, 5.41) is 1.10. The van der Waals surface area contributed by atoms with Gasteiger partial charge in [0.2, 0.25) is 0 Å². The number of alkyl halides is 1. The van der Waals surface area contributed by atoms with Crippen molar-refractivity contribution in [2.24, 2.45) is 5.92 Å². The summed E-state index contributed by atoms with van der Waals surface area (Å²) in [6.45, 7) is 6.45. The number of halogens is 3. The van der Waals surface area contributed by atoms with Crippen LogP contribution in [0.5, 0.6) is 0 Å². The van der Waals surface area contributed by atoms with Crippen molar-refractivity contribution >= 4 is 17.0 Å². The van der Waals surface area contributed by atoms with Crippen LogP contribution in [0.4, 0.5) is 13.2 Å². The number of aromatic amines is 1. The number of benzene rings is 2. The number of rotatable bonds is 5. The van der Waals surface area contributed by atoms with Crippen LogP contribution in [0.3, 0.4) is 0 Å². The second kappa shape index (κ2) is 8.35. The standard InChI is InChI=1S/C28H31F3N2.H2/c1-4-8-18-12-22(29)25(23(30)13-18)27-26-21(20-9-6-7-10-24(20)32-26)11-17(3)33(27)16-19-14-28(31,5-2)15-19;/h4,6-10,12-13,17,19,27,32H,5,11,14-16H2,1-3H3;1H/b8-4+;/t17-,19?,27-,28?;/m1./s1. The molecule has 1 aliphatic carbocycles. The number of allylic oxidation sites excluding steroid dienone is 1. The van der Waals surface area contributed by atoms with Crippen LogP contribution in [0, 0.1) is 17.6 Å². The predicted octanol–water partition coefficient (Wildman–Crippen LogP) is 7.59. The van der Waals surface area contributed by atoms with Gasteiger partial charge in [-0.1, -0.05) is 37.3 Å². The molecule has 2 aromatic carbocycles. The second-order valence-electron chi connectivity index (χ2n) is 9.89. The van der Waals surface area contributed by atoms with E-state index in [9.17, 15) is 4.39 Å². The molecule has 5 rings (SSSR count). The van der Waals surface area contributed by atoms with Crippen molar-refractivity contribution in [2.45, 2.75) is 64.2 Å². The quantitative estimate of drug-likeness (QED) is 0.421. The van der Waals surface area contributed by atoms with Crippen molar-refractivity contribution < 1.29 is 14.6 Å². The molecule has 0 radical (unpaired) electrons. The molecule has 3 aromatic rings. The maximum atomic E-state index is 15.5. The van der Waals surface area contributed by atoms with Gasteiger partial charge in [0.05, 0.1) is 6.04 Å². The highest BCUT2D eigenvalue weighted by molar-refractivity contribution is 5.85. The van der Waals surface area contributed by atoms with Crippen LogP contribution in [-0.4, -0.2) is 28.1 Å². The Balaban J connectivity index is 0.00000274. The van der Waals surface area contributed by atoms with E-state index in [0.29, 0.717) is 31.4 Å². The lowest BCUT2D eigenvalue weighted by Gasteiger charge is -2.48. The molecule has 2 aliphatic rings. The third kappa shape index (κ3) is 3.80. The molecule has 33 heavy (non-hydrogen) atoms. The Kier molecular flexibility index (Phi) is 5.64. The zero-order chi connectivity index (χ0) is 23.3. The Morgan fingerprint density at radius 1 is 1.18 bits per heavy atom. The minimum atomic E-state index is -1.09. The third-order valence-corrected chi connectivity index (χ3v) is 7.66. The first-order chi connectivity index (χ1) is 15.8. The third-order valence-electron chi connectivity index (χ3n) is 7.66. The van der Waals surface area contributed by atoms with E-state index < -0.39 is 23.3 Å². The van der Waals surface area contributed by atoms with Gasteiger partial charge in [-0.25, -0.2) is 13.2 Å². The summed E-state index contributed by atoms with van der Waals surface area (Å²) in [6, 6.07) is 10.3. The van der Waals surface area contributed by atoms with Gasteiger partial charge in [-0.05, 0) is 74.8 Å². The normalized spacial score (nSPS) is 27.8. The zero-order valence-electron chi connectivity index (χ0n) is 19.5. The van der Waals surface area contributed by atoms with E-state index in [1.807, 2.05) is 32.0 Å². The van der Waals surface area contributed by atoms with Crippen molar-refractivity contribution in [1.29, 1.82) is 0 Å². The van der Waals surface area contributed by atoms with Gasteiger partial charge in [-0.15, -0.1) is 0 Å². The van der Waals surface area contributed by atoms with Crippen LogP contribution < -0.4 is 0 Å². The first-order valence-corrected chi connectivity index (χ1v) is 12.0. The number of para-hydroxylation sites is 1. The number of nitrogens with zero attached hydrogens (tertiary/aromatic N) is 1. The molecule has 1 saturated carbocycles. The molecule has 176 valence electrons. The summed E-state index contributed by atoms with van der Waals surface area (Å²) in [5.74, 6) is -0.892. The topological polar surface area (TPSA) is 19.0 Å². The number of nitrogens with one attached hydrogen (secondary N) is 1. The molecule has 1 aliphatic heterocycles. The van der Waals surface area contributed by atoms with E-state index in [0.717, 1.165) is 28.6 Å². The Labute approximate surface area is 195 Å². The lowest BCUT2D eigenvalue weighted by Crippen LogP contribution is -2.50. The van der Waals surface area contributed by atoms with Crippen molar-refractivity contribution in [3.05, 3.63) is 76.5 Å². The van der Waals surface area contributed by atoms with Crippen molar-refractivity contribution in [1.82, 2.24) is 9.88 Å². The summed E-state index contributed by atoms with van der Waals surface area (Å²) in [5.41, 5.74) is 2.45. The smallest absolute Gasteiger partial charge is 0.131 e. The lowest BCUT2D eigenvalue weighted by atomic mass is 9.70. The van der Waals surface area contributed by atoms with Crippen LogP contribution in [0.2, 0.25) is 0 Å². The summed E-state index contributed by atoms with van der Waals surface area (Å²) in [6.07, 6.45) is 5.81. The number of hydrogen-bond donors (Lipinski definition) is 1. The molecule has 0 unspecified atom stereocenters. The average Bonchev–Trinajstić information content (AvgIpc) is 3.12. The Morgan fingerprint density at radius 2 is 1.88 bits per heavy atom. The molecule has 5 heteroatoms. The molecule has 0 bridgehead atoms. The Bertz CT molecular complexity index is 1190. The van der Waals surface area contributed by atoms with Gasteiger partial charge in [-0.3, -0.25) is 4.90 Å². The fourth-order valence-electron chi connectivity index (χ4n) is 5.95. The van der Waals surface area contributed by atoms with E-state index >= 15 is 8.78 Å². The highest BCUT2D eigenvalue weighted by Crippen LogP contribution is 2.48. The molecular formula is C28H33F3N2. The van der Waals surface area contributed by atoms with E-state index in [1.54, 1.807) is 12.2 Å². The maximum Gasteiger partial charge on any atom is 0.131 e. The molecule has 0 amide bonds. The predicted molar refractivity (Wildman–Crippen MR) is 130 cm³/mol. The molecule has 2 atom stereocenters. The van der Waals surface area contributed by atoms with E-state index in [1.165, 1.54) is 12.1 Å². The fraction of sp³-hybridized carbons (Fsp3) is 0.429. The van der Waals surface area contributed by atoms with Crippen molar-refractivity contribution in [2.75, 3.05) is 6.54 Å². The van der Waals surface area contributed by atoms with Gasteiger partial charge in [0, 0.05) is 36.2 Å². The highest BCUT2D eigenvalue weighted by Gasteiger charge is 2.46. The van der Waals surface area contributed by atoms with Gasteiger partial charge >= 0.3 is 0 Å². The Hall–Kier alpha value is -2.53. The van der Waals surface area contributed by atoms with E-state index in [-0.39, 0.29) is 18.9 Å². The molecule has 2 heterocycles. The van der Waals surface area contributed by atoms with Crippen molar-refractivity contribution in [3.8, 4) is 0 Å². The molecule has 1 N–H and O–H groups in total. The van der Waals surface area contributed by atoms with Gasteiger partial charge in [0.25, 0.3) is 0 Å². The number of hydrogen-bond acceptors (Lipinski definition) is 1. The lowest BCUT2D eigenvalue weighted by molar-refractivity contribution is -0.0245. The minimum Gasteiger partial charge on any atom is -0.357 e. The van der Waals surface area contributed by atoms with E-state index in [2.05, 4.69) is 22.9 Å². The van der Waals surface area contributed by atoms with Gasteiger partial charge in [0.15, 0.2) is 0 Å². The van der Waals surface area contributed by atoms with Crippen LogP contribution in [0.25, 0.3) is 17.0 Å². The van der Waals surface area contributed by atoms with Gasteiger partial charge in [-0.2, -0.15) is 0 Å². The molecule has 1 aromatic heterocycles. The first kappa shape index (κ1) is 22.3. The number of aromatic nitrogens is 1. The summed E-state index contributed by atoms with van der Waals surface area (Å²) >= 11 is 0. The zero-order valence-corrected chi connectivity index (χ0v) is 19.5. The highest BCUT2D eigenvalue weighted by atomic mass is 19.1. The van der Waals surface area contributed by atoms with Gasteiger partial charge < -0.3 is 4.98 Å². The van der Waals surface area contributed by atoms with E-state index in [4.69, 9.17) is 0 Å². The first-order valence-electron chi connectivity index (χ1n) is 12.0. The number of fused-ring (bicyclic) bond motifs is 3. The second-order valence-corrected chi connectivity index (χ2v) is 9.89. The van der Waals surface area contributed by atoms with Crippen LogP contribution in [-0.2, 0) is 6.42 Å². The molecule has 0 saturated heterocycles. The molecule has 1 fully saturated rings. The van der Waals surface area contributed by atoms with Gasteiger partial charge in [0.1, 0.15) is 17.3 Å². The summed E-state index contributed by atoms with van der Waals surface area (Å²) in [4.78, 5) is 5.67. The van der Waals surface area contributed by atoms with Crippen LogP contribution in [0.1, 0.15) is 69.9 Å². The molecular weight excluding hydrogens is 421 g/mol. The fourth-order valence-corrected chi connectivity index (χ4v) is 5.95. The largest absolute Gasteiger partial charge is 0.357 e. The van der Waals surface area contributed by atoms with Crippen molar-refractivity contribution in [3.63, 3.8) is 0 Å². The SMILES string of the molecule is C/C=C/c1cc(F)c([C@@H]2c3[nH]c4ccccc4c3C[C@@H](C)N2CC2CC(F)(CC)C2)c(F)c1.[HH]. The van der Waals surface area contributed by atoms with Crippen LogP contribution in [0.15, 0.2) is 42.5 Å². The minimum absolute atomic E-state index is 0. The maximum absolute atomic E-state index is 15.5. The Morgan fingerprint density at radius 3 is 2.55 bits per heavy atom. The average molecular weight is 455 g/mol. The monoisotopic (exact) mass is 454 g/mol. The van der Waals surface area contributed by atoms with Crippen LogP contribution >= 0.6 is 0 Å². The summed E-state index contributed by atoms with van der Waals surface area (Å²) in [7, 11) is 0. The molecule has 0 spiro atoms. The summed E-state index contributed by atoms with van der Waals surface area (Å²) < 4.78 is 45.6. The molecule has 2 nitrogen and oxygen atoms in total. The number of H-pyrrole nitrogens is 1.